The summed E-state index contributed by atoms with van der Waals surface area (Å²) in [5.74, 6) is 0.264. The Morgan fingerprint density at radius 1 is 1.06 bits per heavy atom. The lowest BCUT2D eigenvalue weighted by atomic mass is 10.0. The molecular formula is C36H39Cl2N7O6. The summed E-state index contributed by atoms with van der Waals surface area (Å²) in [6.45, 7) is 5.00. The molecule has 268 valence electrons. The fourth-order valence-corrected chi connectivity index (χ4v) is 6.24. The van der Waals surface area contributed by atoms with Crippen molar-refractivity contribution in [2.24, 2.45) is 0 Å². The number of ether oxygens (including phenoxy) is 3. The molecule has 4 aromatic rings. The van der Waals surface area contributed by atoms with Gasteiger partial charge < -0.3 is 35.1 Å². The predicted octanol–water partition coefficient (Wildman–Crippen LogP) is 4.56. The first-order chi connectivity index (χ1) is 24.5. The fourth-order valence-electron chi connectivity index (χ4n) is 5.53. The van der Waals surface area contributed by atoms with Crippen LogP contribution in [0.2, 0.25) is 10.0 Å². The van der Waals surface area contributed by atoms with Gasteiger partial charge >= 0.3 is 0 Å². The largest absolute Gasteiger partial charge is 0.495 e. The summed E-state index contributed by atoms with van der Waals surface area (Å²) in [6, 6.07) is 9.92. The number of pyridine rings is 1. The molecule has 0 saturated carbocycles. The molecule has 2 aromatic carbocycles. The van der Waals surface area contributed by atoms with Gasteiger partial charge in [-0.15, -0.1) is 0 Å². The maximum absolute atomic E-state index is 14.4. The molecular weight excluding hydrogens is 697 g/mol. The number of aryl methyl sites for hydroxylation is 2. The van der Waals surface area contributed by atoms with Gasteiger partial charge in [0.25, 0.3) is 5.56 Å². The number of fused-ring (bicyclic) bond motifs is 1. The van der Waals surface area contributed by atoms with E-state index in [0.717, 1.165) is 5.56 Å². The molecule has 3 heterocycles. The maximum atomic E-state index is 14.4. The number of nitrogens with one attached hydrogen (secondary N) is 3. The summed E-state index contributed by atoms with van der Waals surface area (Å²) in [5, 5.41) is 9.78. The van der Waals surface area contributed by atoms with Crippen LogP contribution in [0.25, 0.3) is 22.2 Å². The molecule has 1 aliphatic rings. The number of hydrogen-bond acceptors (Lipinski definition) is 10. The number of benzene rings is 2. The van der Waals surface area contributed by atoms with Crippen LogP contribution >= 0.6 is 23.2 Å². The van der Waals surface area contributed by atoms with Crippen LogP contribution in [0.3, 0.4) is 0 Å². The number of anilines is 2. The number of carbonyl (C=O) groups excluding carboxylic acids is 2. The van der Waals surface area contributed by atoms with Crippen LogP contribution < -0.4 is 31.0 Å². The van der Waals surface area contributed by atoms with Crippen molar-refractivity contribution in [3.05, 3.63) is 93.4 Å². The Kier molecular flexibility index (Phi) is 12.3. The standard InChI is InChI=1S/C36H39Cl2N7O6/c1-6-29(46)41-25-19-51-20-26(25)42-36-39-18-22-16-24(31-32(37)27(49-4)17-28(50-5)33(31)38)35(48)45(34(22)43-36)15-13-21-9-11-23(12-10-21)40-30(47)8-7-14-44(2)3/h6-12,16-18,25-26H,1,13-15,19-20H2,2-5H3,(H,40,47)(H,41,46)(H,39,42,43)/b8-7+/t25-,26+/m0/s1. The monoisotopic (exact) mass is 735 g/mol. The smallest absolute Gasteiger partial charge is 0.260 e. The molecule has 2 aromatic heterocycles. The molecule has 2 atom stereocenters. The van der Waals surface area contributed by atoms with Crippen LogP contribution in [0, 0.1) is 0 Å². The predicted molar refractivity (Wildman–Crippen MR) is 199 cm³/mol. The third-order valence-electron chi connectivity index (χ3n) is 8.16. The Balaban J connectivity index is 1.51. The van der Waals surface area contributed by atoms with Crippen molar-refractivity contribution in [3.63, 3.8) is 0 Å². The van der Waals surface area contributed by atoms with Gasteiger partial charge in [0.15, 0.2) is 0 Å². The highest BCUT2D eigenvalue weighted by atomic mass is 35.5. The quantitative estimate of drug-likeness (QED) is 0.157. The van der Waals surface area contributed by atoms with E-state index in [2.05, 4.69) is 27.5 Å². The molecule has 0 spiro atoms. The van der Waals surface area contributed by atoms with Crippen molar-refractivity contribution in [1.82, 2.24) is 24.8 Å². The second-order valence-electron chi connectivity index (χ2n) is 12.0. The lowest BCUT2D eigenvalue weighted by Gasteiger charge is -2.20. The SMILES string of the molecule is C=CC(=O)N[C@H]1COC[C@H]1Nc1ncc2cc(-c3c(Cl)c(OC)cc(OC)c3Cl)c(=O)n(CCc3ccc(NC(=O)/C=C/CN(C)C)cc3)c2n1. The van der Waals surface area contributed by atoms with Gasteiger partial charge in [0.05, 0.1) is 55.1 Å². The number of amides is 2. The van der Waals surface area contributed by atoms with E-state index in [0.29, 0.717) is 42.9 Å². The molecule has 2 amide bonds. The highest BCUT2D eigenvalue weighted by molar-refractivity contribution is 6.41. The number of rotatable bonds is 14. The third-order valence-corrected chi connectivity index (χ3v) is 8.91. The van der Waals surface area contributed by atoms with Crippen LogP contribution in [0.15, 0.2) is 72.2 Å². The zero-order chi connectivity index (χ0) is 36.7. The van der Waals surface area contributed by atoms with Crippen LogP contribution in [-0.2, 0) is 27.3 Å². The van der Waals surface area contributed by atoms with Gasteiger partial charge in [-0.3, -0.25) is 19.0 Å². The Bertz CT molecular complexity index is 1990. The number of carbonyl (C=O) groups is 2. The number of methoxy groups -OCH3 is 2. The first-order valence-electron chi connectivity index (χ1n) is 16.0. The molecule has 1 saturated heterocycles. The summed E-state index contributed by atoms with van der Waals surface area (Å²) in [6.07, 6.45) is 6.52. The van der Waals surface area contributed by atoms with Crippen LogP contribution in [0.1, 0.15) is 5.56 Å². The average molecular weight is 737 g/mol. The van der Waals surface area contributed by atoms with Crippen molar-refractivity contribution < 1.29 is 23.8 Å². The second-order valence-corrected chi connectivity index (χ2v) is 12.7. The van der Waals surface area contributed by atoms with E-state index in [-0.39, 0.29) is 69.1 Å². The van der Waals surface area contributed by atoms with Gasteiger partial charge in [-0.05, 0) is 50.4 Å². The van der Waals surface area contributed by atoms with Gasteiger partial charge in [0.1, 0.15) is 17.1 Å². The Morgan fingerprint density at radius 2 is 1.75 bits per heavy atom. The lowest BCUT2D eigenvalue weighted by molar-refractivity contribution is -0.117. The van der Waals surface area contributed by atoms with Crippen molar-refractivity contribution in [3.8, 4) is 22.6 Å². The summed E-state index contributed by atoms with van der Waals surface area (Å²) in [4.78, 5) is 49.9. The van der Waals surface area contributed by atoms with E-state index in [1.807, 2.05) is 43.3 Å². The van der Waals surface area contributed by atoms with E-state index in [1.54, 1.807) is 29.0 Å². The molecule has 5 rings (SSSR count). The molecule has 15 heteroatoms. The van der Waals surface area contributed by atoms with E-state index in [1.165, 1.54) is 26.4 Å². The van der Waals surface area contributed by atoms with E-state index >= 15 is 0 Å². The number of nitrogens with zero attached hydrogens (tertiary/aromatic N) is 4. The summed E-state index contributed by atoms with van der Waals surface area (Å²) in [7, 11) is 6.76. The number of aromatic nitrogens is 3. The lowest BCUT2D eigenvalue weighted by Crippen LogP contribution is -2.45. The molecule has 1 aliphatic heterocycles. The van der Waals surface area contributed by atoms with Gasteiger partial charge in [-0.1, -0.05) is 48.0 Å². The molecule has 0 radical (unpaired) electrons. The van der Waals surface area contributed by atoms with E-state index in [4.69, 9.17) is 42.4 Å². The molecule has 3 N–H and O–H groups in total. The minimum Gasteiger partial charge on any atom is -0.495 e. The Labute approximate surface area is 305 Å². The molecule has 0 unspecified atom stereocenters. The van der Waals surface area contributed by atoms with E-state index < -0.39 is 5.56 Å². The minimum absolute atomic E-state index is 0.147. The van der Waals surface area contributed by atoms with Gasteiger partial charge in [0.2, 0.25) is 17.8 Å². The van der Waals surface area contributed by atoms with Gasteiger partial charge in [0, 0.05) is 48.1 Å². The first-order valence-corrected chi connectivity index (χ1v) is 16.8. The normalized spacial score (nSPS) is 15.7. The number of halogens is 2. The van der Waals surface area contributed by atoms with Crippen LogP contribution in [0.5, 0.6) is 11.5 Å². The van der Waals surface area contributed by atoms with Crippen molar-refractivity contribution >= 4 is 57.7 Å². The summed E-state index contributed by atoms with van der Waals surface area (Å²) in [5.41, 5.74) is 1.97. The zero-order valence-electron chi connectivity index (χ0n) is 28.7. The topological polar surface area (TPSA) is 149 Å². The molecule has 51 heavy (non-hydrogen) atoms. The van der Waals surface area contributed by atoms with Gasteiger partial charge in [-0.2, -0.15) is 4.98 Å². The Morgan fingerprint density at radius 3 is 2.39 bits per heavy atom. The highest BCUT2D eigenvalue weighted by Crippen LogP contribution is 2.45. The fraction of sp³-hybridized carbons (Fsp3) is 0.306. The second kappa shape index (κ2) is 16.8. The van der Waals surface area contributed by atoms with Crippen molar-refractivity contribution in [2.75, 3.05) is 58.7 Å². The number of hydrogen-bond donors (Lipinski definition) is 3. The third kappa shape index (κ3) is 8.86. The zero-order valence-corrected chi connectivity index (χ0v) is 30.2. The maximum Gasteiger partial charge on any atom is 0.260 e. The molecule has 0 aliphatic carbocycles. The summed E-state index contributed by atoms with van der Waals surface area (Å²) < 4.78 is 18.1. The Hall–Kier alpha value is -4.95. The van der Waals surface area contributed by atoms with Crippen molar-refractivity contribution in [1.29, 1.82) is 0 Å². The average Bonchev–Trinajstić information content (AvgIpc) is 3.54. The highest BCUT2D eigenvalue weighted by Gasteiger charge is 2.30. The van der Waals surface area contributed by atoms with Crippen LogP contribution in [0.4, 0.5) is 11.6 Å². The molecule has 1 fully saturated rings. The minimum atomic E-state index is -0.403. The van der Waals surface area contributed by atoms with Crippen LogP contribution in [-0.4, -0.2) is 91.4 Å². The number of likely N-dealkylation sites (N-methyl/N-ethyl adjacent to an activating group) is 1. The summed E-state index contributed by atoms with van der Waals surface area (Å²) >= 11 is 13.5. The first kappa shape index (κ1) is 37.3. The van der Waals surface area contributed by atoms with Gasteiger partial charge in [-0.25, -0.2) is 4.98 Å². The van der Waals surface area contributed by atoms with E-state index in [9.17, 15) is 14.4 Å². The molecule has 13 nitrogen and oxygen atoms in total. The molecule has 0 bridgehead atoms. The van der Waals surface area contributed by atoms with Crippen molar-refractivity contribution in [2.45, 2.75) is 25.0 Å².